The van der Waals surface area contributed by atoms with Crippen LogP contribution < -0.4 is 10.9 Å². The van der Waals surface area contributed by atoms with Crippen LogP contribution >= 0.6 is 11.8 Å². The highest BCUT2D eigenvalue weighted by atomic mass is 32.2. The van der Waals surface area contributed by atoms with Crippen LogP contribution in [0.5, 0.6) is 0 Å². The van der Waals surface area contributed by atoms with Gasteiger partial charge in [0.05, 0.1) is 5.56 Å². The lowest BCUT2D eigenvalue weighted by molar-refractivity contribution is -0.116. The molecule has 1 atom stereocenters. The molecule has 1 aromatic heterocycles. The van der Waals surface area contributed by atoms with Crippen molar-refractivity contribution < 1.29 is 4.79 Å². The van der Waals surface area contributed by atoms with E-state index in [2.05, 4.69) is 41.5 Å². The minimum Gasteiger partial charge on any atom is -0.312 e. The standard InChI is InChI=1S/C23H23N3O2S/c1-14-4-8-16(9-5-14)13-29-23-25-22(28)20-18(17-10-6-15(2)7-11-17)12-19(27)24-21(20)26(23)3/h4-11,18H,12-13H2,1-3H3,(H,24,27). The molecule has 0 aliphatic carbocycles. The number of hydrogen-bond acceptors (Lipinski definition) is 4. The van der Waals surface area contributed by atoms with E-state index in [1.165, 1.54) is 17.3 Å². The molecule has 1 unspecified atom stereocenters. The van der Waals surface area contributed by atoms with Crippen molar-refractivity contribution in [3.05, 3.63) is 86.7 Å². The Morgan fingerprint density at radius 3 is 2.31 bits per heavy atom. The lowest BCUT2D eigenvalue weighted by Gasteiger charge is -2.27. The first-order valence-electron chi connectivity index (χ1n) is 9.58. The fourth-order valence-corrected chi connectivity index (χ4v) is 4.50. The molecule has 0 radical (unpaired) electrons. The van der Waals surface area contributed by atoms with Crippen LogP contribution in [0.1, 0.15) is 40.2 Å². The monoisotopic (exact) mass is 405 g/mol. The van der Waals surface area contributed by atoms with Gasteiger partial charge in [-0.25, -0.2) is 0 Å². The summed E-state index contributed by atoms with van der Waals surface area (Å²) in [5, 5.41) is 3.49. The Morgan fingerprint density at radius 2 is 1.66 bits per heavy atom. The molecule has 5 nitrogen and oxygen atoms in total. The lowest BCUT2D eigenvalue weighted by atomic mass is 9.86. The van der Waals surface area contributed by atoms with Gasteiger partial charge in [-0.15, -0.1) is 0 Å². The number of rotatable bonds is 4. The van der Waals surface area contributed by atoms with Crippen molar-refractivity contribution in [1.82, 2.24) is 9.55 Å². The van der Waals surface area contributed by atoms with E-state index in [-0.39, 0.29) is 23.8 Å². The second-order valence-corrected chi connectivity index (χ2v) is 8.45. The Labute approximate surface area is 174 Å². The minimum absolute atomic E-state index is 0.0845. The molecule has 1 N–H and O–H groups in total. The number of amides is 1. The van der Waals surface area contributed by atoms with Crippen molar-refractivity contribution in [2.24, 2.45) is 7.05 Å². The minimum atomic E-state index is -0.276. The summed E-state index contributed by atoms with van der Waals surface area (Å²) >= 11 is 1.49. The number of thioether (sulfide) groups is 1. The summed E-state index contributed by atoms with van der Waals surface area (Å²) in [6.07, 6.45) is 0.253. The van der Waals surface area contributed by atoms with Crippen LogP contribution in [0.2, 0.25) is 0 Å². The molecule has 29 heavy (non-hydrogen) atoms. The second kappa shape index (κ2) is 7.87. The third kappa shape index (κ3) is 3.98. The van der Waals surface area contributed by atoms with Crippen LogP contribution in [0.25, 0.3) is 0 Å². The summed E-state index contributed by atoms with van der Waals surface area (Å²) in [6, 6.07) is 16.3. The van der Waals surface area contributed by atoms with Gasteiger partial charge < -0.3 is 9.88 Å². The van der Waals surface area contributed by atoms with E-state index in [1.807, 2.05) is 42.8 Å². The van der Waals surface area contributed by atoms with Crippen molar-refractivity contribution in [3.8, 4) is 0 Å². The highest BCUT2D eigenvalue weighted by Crippen LogP contribution is 2.36. The predicted octanol–water partition coefficient (Wildman–Crippen LogP) is 4.16. The maximum absolute atomic E-state index is 13.0. The molecule has 4 rings (SSSR count). The molecule has 1 amide bonds. The van der Waals surface area contributed by atoms with E-state index in [0.29, 0.717) is 22.3 Å². The molecular weight excluding hydrogens is 382 g/mol. The second-order valence-electron chi connectivity index (χ2n) is 7.51. The number of aryl methyl sites for hydroxylation is 2. The number of carbonyl (C=O) groups is 1. The van der Waals surface area contributed by atoms with E-state index < -0.39 is 0 Å². The normalized spacial score (nSPS) is 15.7. The molecule has 0 saturated heterocycles. The fourth-order valence-electron chi connectivity index (χ4n) is 3.58. The molecule has 3 aromatic rings. The molecule has 0 fully saturated rings. The number of nitrogens with zero attached hydrogens (tertiary/aromatic N) is 2. The number of carbonyl (C=O) groups excluding carboxylic acids is 1. The van der Waals surface area contributed by atoms with E-state index in [9.17, 15) is 9.59 Å². The van der Waals surface area contributed by atoms with E-state index >= 15 is 0 Å². The number of fused-ring (bicyclic) bond motifs is 1. The Hall–Kier alpha value is -2.86. The number of aromatic nitrogens is 2. The number of nitrogens with one attached hydrogen (secondary N) is 1. The zero-order valence-corrected chi connectivity index (χ0v) is 17.5. The number of benzene rings is 2. The van der Waals surface area contributed by atoms with Crippen molar-refractivity contribution in [3.63, 3.8) is 0 Å². The van der Waals surface area contributed by atoms with Crippen molar-refractivity contribution in [2.45, 2.75) is 37.1 Å². The maximum atomic E-state index is 13.0. The molecule has 1 aliphatic heterocycles. The molecule has 2 aromatic carbocycles. The van der Waals surface area contributed by atoms with Crippen LogP contribution in [-0.2, 0) is 17.6 Å². The summed E-state index contributed by atoms with van der Waals surface area (Å²) < 4.78 is 1.83. The Kier molecular flexibility index (Phi) is 5.28. The lowest BCUT2D eigenvalue weighted by Crippen LogP contribution is -2.33. The average molecular weight is 406 g/mol. The smallest absolute Gasteiger partial charge is 0.279 e. The Bertz CT molecular complexity index is 1120. The highest BCUT2D eigenvalue weighted by molar-refractivity contribution is 7.98. The van der Waals surface area contributed by atoms with Gasteiger partial charge >= 0.3 is 0 Å². The van der Waals surface area contributed by atoms with E-state index in [4.69, 9.17) is 0 Å². The zero-order chi connectivity index (χ0) is 20.5. The summed E-state index contributed by atoms with van der Waals surface area (Å²) in [5.41, 5.74) is 4.77. The Balaban J connectivity index is 1.70. The first-order valence-corrected chi connectivity index (χ1v) is 10.6. The van der Waals surface area contributed by atoms with E-state index in [0.717, 1.165) is 16.7 Å². The van der Waals surface area contributed by atoms with Crippen LogP contribution in [0, 0.1) is 13.8 Å². The van der Waals surface area contributed by atoms with Gasteiger partial charge in [-0.05, 0) is 25.0 Å². The third-order valence-corrected chi connectivity index (χ3v) is 6.37. The third-order valence-electron chi connectivity index (χ3n) is 5.27. The van der Waals surface area contributed by atoms with Crippen LogP contribution in [-0.4, -0.2) is 15.5 Å². The van der Waals surface area contributed by atoms with Gasteiger partial charge in [0, 0.05) is 25.1 Å². The molecule has 148 valence electrons. The van der Waals surface area contributed by atoms with Gasteiger partial charge in [-0.2, -0.15) is 4.98 Å². The average Bonchev–Trinajstić information content (AvgIpc) is 2.70. The molecule has 1 aliphatic rings. The summed E-state index contributed by atoms with van der Waals surface area (Å²) in [6.45, 7) is 4.07. The quantitative estimate of drug-likeness (QED) is 0.523. The van der Waals surface area contributed by atoms with Gasteiger partial charge in [0.15, 0.2) is 5.16 Å². The SMILES string of the molecule is Cc1ccc(CSc2nc(=O)c3c(n2C)NC(=O)CC3c2ccc(C)cc2)cc1. The molecule has 2 heterocycles. The van der Waals surface area contributed by atoms with Gasteiger partial charge in [0.25, 0.3) is 5.56 Å². The zero-order valence-electron chi connectivity index (χ0n) is 16.7. The first kappa shape index (κ1) is 19.5. The van der Waals surface area contributed by atoms with Crippen molar-refractivity contribution >= 4 is 23.5 Å². The van der Waals surface area contributed by atoms with Gasteiger partial charge in [-0.1, -0.05) is 71.4 Å². The molecule has 0 bridgehead atoms. The van der Waals surface area contributed by atoms with Crippen molar-refractivity contribution in [2.75, 3.05) is 5.32 Å². The van der Waals surface area contributed by atoms with Crippen LogP contribution in [0.3, 0.4) is 0 Å². The van der Waals surface area contributed by atoms with Crippen LogP contribution in [0.15, 0.2) is 58.5 Å². The molecule has 0 spiro atoms. The van der Waals surface area contributed by atoms with Crippen LogP contribution in [0.4, 0.5) is 5.82 Å². The van der Waals surface area contributed by atoms with Gasteiger partial charge in [-0.3, -0.25) is 9.59 Å². The number of anilines is 1. The largest absolute Gasteiger partial charge is 0.312 e. The summed E-state index contributed by atoms with van der Waals surface area (Å²) in [7, 11) is 1.85. The topological polar surface area (TPSA) is 64.0 Å². The molecule has 0 saturated carbocycles. The maximum Gasteiger partial charge on any atom is 0.279 e. The van der Waals surface area contributed by atoms with Gasteiger partial charge in [0.2, 0.25) is 5.91 Å². The fraction of sp³-hybridized carbons (Fsp3) is 0.261. The highest BCUT2D eigenvalue weighted by Gasteiger charge is 2.32. The molecule has 6 heteroatoms. The Morgan fingerprint density at radius 1 is 1.03 bits per heavy atom. The summed E-state index contributed by atoms with van der Waals surface area (Å²) in [4.78, 5) is 29.7. The summed E-state index contributed by atoms with van der Waals surface area (Å²) in [5.74, 6) is 0.896. The molecular formula is C23H23N3O2S. The first-order chi connectivity index (χ1) is 13.9. The van der Waals surface area contributed by atoms with Gasteiger partial charge in [0.1, 0.15) is 5.82 Å². The number of hydrogen-bond donors (Lipinski definition) is 1. The predicted molar refractivity (Wildman–Crippen MR) is 116 cm³/mol. The van der Waals surface area contributed by atoms with E-state index in [1.54, 1.807) is 0 Å². The van der Waals surface area contributed by atoms with Crippen molar-refractivity contribution in [1.29, 1.82) is 0 Å².